The summed E-state index contributed by atoms with van der Waals surface area (Å²) in [6.45, 7) is 1.46. The summed E-state index contributed by atoms with van der Waals surface area (Å²) in [5, 5.41) is 8.86. The van der Waals surface area contributed by atoms with Gasteiger partial charge in [0.1, 0.15) is 6.07 Å². The van der Waals surface area contributed by atoms with E-state index in [0.717, 1.165) is 4.47 Å². The highest BCUT2D eigenvalue weighted by atomic mass is 79.9. The summed E-state index contributed by atoms with van der Waals surface area (Å²) >= 11 is 3.27. The molecule has 0 fully saturated rings. The fourth-order valence-electron chi connectivity index (χ4n) is 1.06. The van der Waals surface area contributed by atoms with Crippen molar-refractivity contribution in [2.45, 2.75) is 6.92 Å². The third-order valence-electron chi connectivity index (χ3n) is 1.91. The highest BCUT2D eigenvalue weighted by Gasteiger charge is 2.10. The fraction of sp³-hybridized carbons (Fsp3) is 0.200. The average molecular weight is 253 g/mol. The van der Waals surface area contributed by atoms with Gasteiger partial charge in [0.2, 0.25) is 5.91 Å². The second-order valence-electron chi connectivity index (χ2n) is 2.85. The number of hydrogen-bond donors (Lipinski definition) is 0. The van der Waals surface area contributed by atoms with Crippen LogP contribution in [0, 0.1) is 11.3 Å². The Hall–Kier alpha value is -1.34. The largest absolute Gasteiger partial charge is 0.314 e. The third kappa shape index (κ3) is 2.12. The summed E-state index contributed by atoms with van der Waals surface area (Å²) in [5.74, 6) is -0.0937. The van der Waals surface area contributed by atoms with Crippen LogP contribution in [0.4, 0.5) is 5.69 Å². The maximum Gasteiger partial charge on any atom is 0.223 e. The van der Waals surface area contributed by atoms with Crippen molar-refractivity contribution in [3.8, 4) is 6.07 Å². The van der Waals surface area contributed by atoms with Gasteiger partial charge in [-0.2, -0.15) is 5.26 Å². The van der Waals surface area contributed by atoms with Gasteiger partial charge in [-0.15, -0.1) is 0 Å². The highest BCUT2D eigenvalue weighted by molar-refractivity contribution is 9.10. The molecule has 0 aliphatic carbocycles. The van der Waals surface area contributed by atoms with Crippen LogP contribution >= 0.6 is 15.9 Å². The van der Waals surface area contributed by atoms with Gasteiger partial charge in [-0.3, -0.25) is 4.79 Å². The van der Waals surface area contributed by atoms with E-state index in [0.29, 0.717) is 11.3 Å². The Kier molecular flexibility index (Phi) is 3.26. The van der Waals surface area contributed by atoms with Crippen molar-refractivity contribution in [2.75, 3.05) is 11.9 Å². The Morgan fingerprint density at radius 3 is 2.71 bits per heavy atom. The zero-order valence-electron chi connectivity index (χ0n) is 7.91. The molecule has 3 nitrogen and oxygen atoms in total. The standard InChI is InChI=1S/C10H9BrN2O/c1-7(14)13(2)10-4-3-9(11)5-8(10)6-12/h3-5H,1-2H3. The first-order valence-electron chi connectivity index (χ1n) is 4.00. The molecule has 72 valence electrons. The van der Waals surface area contributed by atoms with E-state index < -0.39 is 0 Å². The second-order valence-corrected chi connectivity index (χ2v) is 3.77. The molecule has 0 N–H and O–H groups in total. The molecule has 0 radical (unpaired) electrons. The number of carbonyl (C=O) groups excluding carboxylic acids is 1. The number of benzene rings is 1. The van der Waals surface area contributed by atoms with Crippen molar-refractivity contribution >= 4 is 27.5 Å². The van der Waals surface area contributed by atoms with Gasteiger partial charge in [-0.05, 0) is 18.2 Å². The Balaban J connectivity index is 3.22. The summed E-state index contributed by atoms with van der Waals surface area (Å²) in [5.41, 5.74) is 1.11. The predicted molar refractivity (Wildman–Crippen MR) is 57.9 cm³/mol. The van der Waals surface area contributed by atoms with Crippen LogP contribution in [0.2, 0.25) is 0 Å². The lowest BCUT2D eigenvalue weighted by Gasteiger charge is -2.16. The van der Waals surface area contributed by atoms with Crippen LogP contribution in [0.15, 0.2) is 22.7 Å². The quantitative estimate of drug-likeness (QED) is 0.770. The normalized spacial score (nSPS) is 9.29. The molecule has 0 saturated carbocycles. The molecule has 0 bridgehead atoms. The summed E-state index contributed by atoms with van der Waals surface area (Å²) < 4.78 is 0.828. The summed E-state index contributed by atoms with van der Waals surface area (Å²) in [6.07, 6.45) is 0. The van der Waals surface area contributed by atoms with Crippen LogP contribution in [0.1, 0.15) is 12.5 Å². The van der Waals surface area contributed by atoms with Gasteiger partial charge >= 0.3 is 0 Å². The summed E-state index contributed by atoms with van der Waals surface area (Å²) in [6, 6.07) is 7.28. The number of rotatable bonds is 1. The molecule has 0 saturated heterocycles. The van der Waals surface area contributed by atoms with Gasteiger partial charge in [-0.25, -0.2) is 0 Å². The Labute approximate surface area is 91.1 Å². The predicted octanol–water partition coefficient (Wildman–Crippen LogP) is 2.30. The van der Waals surface area contributed by atoms with Gasteiger partial charge in [0.25, 0.3) is 0 Å². The number of nitriles is 1. The van der Waals surface area contributed by atoms with Crippen LogP contribution in [0.25, 0.3) is 0 Å². The van der Waals surface area contributed by atoms with Crippen molar-refractivity contribution in [2.24, 2.45) is 0 Å². The van der Waals surface area contributed by atoms with Crippen molar-refractivity contribution in [3.05, 3.63) is 28.2 Å². The van der Waals surface area contributed by atoms with E-state index >= 15 is 0 Å². The van der Waals surface area contributed by atoms with Crippen molar-refractivity contribution in [1.29, 1.82) is 5.26 Å². The van der Waals surface area contributed by atoms with Crippen molar-refractivity contribution in [1.82, 2.24) is 0 Å². The maximum atomic E-state index is 11.1. The zero-order valence-corrected chi connectivity index (χ0v) is 9.50. The third-order valence-corrected chi connectivity index (χ3v) is 2.41. The molecule has 0 spiro atoms. The number of halogens is 1. The lowest BCUT2D eigenvalue weighted by Crippen LogP contribution is -2.23. The number of anilines is 1. The summed E-state index contributed by atoms with van der Waals surface area (Å²) in [4.78, 5) is 12.6. The number of amides is 1. The van der Waals surface area contributed by atoms with E-state index in [4.69, 9.17) is 5.26 Å². The average Bonchev–Trinajstić information content (AvgIpc) is 2.16. The Morgan fingerprint density at radius 1 is 1.57 bits per heavy atom. The molecule has 1 rings (SSSR count). The lowest BCUT2D eigenvalue weighted by atomic mass is 10.2. The van der Waals surface area contributed by atoms with Crippen molar-refractivity contribution in [3.63, 3.8) is 0 Å². The van der Waals surface area contributed by atoms with Gasteiger partial charge in [0.05, 0.1) is 11.3 Å². The molecule has 0 heterocycles. The van der Waals surface area contributed by atoms with E-state index in [9.17, 15) is 4.79 Å². The molecule has 0 unspecified atom stereocenters. The van der Waals surface area contributed by atoms with Crippen LogP contribution < -0.4 is 4.90 Å². The topological polar surface area (TPSA) is 44.1 Å². The molecule has 0 aliphatic heterocycles. The molecule has 14 heavy (non-hydrogen) atoms. The van der Waals surface area contributed by atoms with Crippen molar-refractivity contribution < 1.29 is 4.79 Å². The highest BCUT2D eigenvalue weighted by Crippen LogP contribution is 2.23. The molecular weight excluding hydrogens is 244 g/mol. The van der Waals surface area contributed by atoms with E-state index in [1.807, 2.05) is 6.07 Å². The van der Waals surface area contributed by atoms with E-state index in [-0.39, 0.29) is 5.91 Å². The van der Waals surface area contributed by atoms with Gasteiger partial charge in [0.15, 0.2) is 0 Å². The van der Waals surface area contributed by atoms with Gasteiger partial charge in [-0.1, -0.05) is 15.9 Å². The van der Waals surface area contributed by atoms with Crippen LogP contribution in [0.5, 0.6) is 0 Å². The number of hydrogen-bond acceptors (Lipinski definition) is 2. The molecular formula is C10H9BrN2O. The van der Waals surface area contributed by atoms with Crippen LogP contribution in [-0.2, 0) is 4.79 Å². The molecule has 1 aromatic rings. The Morgan fingerprint density at radius 2 is 2.21 bits per heavy atom. The first kappa shape index (κ1) is 10.7. The molecule has 1 amide bonds. The molecule has 1 aromatic carbocycles. The fourth-order valence-corrected chi connectivity index (χ4v) is 1.42. The zero-order chi connectivity index (χ0) is 10.7. The monoisotopic (exact) mass is 252 g/mol. The van der Waals surface area contributed by atoms with Crippen LogP contribution in [0.3, 0.4) is 0 Å². The van der Waals surface area contributed by atoms with Crippen LogP contribution in [-0.4, -0.2) is 13.0 Å². The minimum absolute atomic E-state index is 0.0937. The van der Waals surface area contributed by atoms with E-state index in [1.54, 1.807) is 25.2 Å². The summed E-state index contributed by atoms with van der Waals surface area (Å²) in [7, 11) is 1.65. The smallest absolute Gasteiger partial charge is 0.223 e. The number of nitrogens with zero attached hydrogens (tertiary/aromatic N) is 2. The SMILES string of the molecule is CC(=O)N(C)c1ccc(Br)cc1C#N. The Bertz CT molecular complexity index is 409. The van der Waals surface area contributed by atoms with E-state index in [1.165, 1.54) is 11.8 Å². The lowest BCUT2D eigenvalue weighted by molar-refractivity contribution is -0.116. The maximum absolute atomic E-state index is 11.1. The second kappa shape index (κ2) is 4.25. The molecule has 0 aromatic heterocycles. The number of carbonyl (C=O) groups is 1. The van der Waals surface area contributed by atoms with Gasteiger partial charge < -0.3 is 4.90 Å². The molecule has 0 aliphatic rings. The minimum Gasteiger partial charge on any atom is -0.314 e. The molecule has 0 atom stereocenters. The first-order chi connectivity index (χ1) is 6.56. The molecule has 4 heteroatoms. The van der Waals surface area contributed by atoms with Gasteiger partial charge in [0, 0.05) is 18.4 Å². The minimum atomic E-state index is -0.0937. The van der Waals surface area contributed by atoms with E-state index in [2.05, 4.69) is 15.9 Å². The first-order valence-corrected chi connectivity index (χ1v) is 4.79.